The third-order valence-electron chi connectivity index (χ3n) is 2.11. The molecule has 0 fully saturated rings. The van der Waals surface area contributed by atoms with Gasteiger partial charge in [-0.15, -0.1) is 11.3 Å². The summed E-state index contributed by atoms with van der Waals surface area (Å²) in [4.78, 5) is 27.1. The number of carbonyl (C=O) groups excluding carboxylic acids is 2. The Morgan fingerprint density at radius 2 is 2.12 bits per heavy atom. The summed E-state index contributed by atoms with van der Waals surface area (Å²) >= 11 is 1.59. The van der Waals surface area contributed by atoms with Gasteiger partial charge in [0.2, 0.25) is 5.91 Å². The normalized spacial score (nSPS) is 10.0. The van der Waals surface area contributed by atoms with Crippen LogP contribution in [0.25, 0.3) is 0 Å². The molecule has 6 nitrogen and oxygen atoms in total. The van der Waals surface area contributed by atoms with Crippen molar-refractivity contribution < 1.29 is 9.59 Å². The number of aromatic nitrogens is 1. The van der Waals surface area contributed by atoms with Crippen LogP contribution in [-0.2, 0) is 17.8 Å². The zero-order chi connectivity index (χ0) is 12.8. The van der Waals surface area contributed by atoms with E-state index < -0.39 is 6.03 Å². The lowest BCUT2D eigenvalue weighted by atomic mass is 10.4. The average Bonchev–Trinajstić information content (AvgIpc) is 2.64. The summed E-state index contributed by atoms with van der Waals surface area (Å²) in [6.07, 6.45) is 0.892. The molecule has 0 aliphatic rings. The van der Waals surface area contributed by atoms with Gasteiger partial charge in [0.25, 0.3) is 0 Å². The first-order valence-electron chi connectivity index (χ1n) is 5.28. The Morgan fingerprint density at radius 1 is 1.41 bits per heavy atom. The van der Waals surface area contributed by atoms with E-state index in [0.717, 1.165) is 22.0 Å². The molecular weight excluding hydrogens is 240 g/mol. The minimum atomic E-state index is -0.706. The molecule has 94 valence electrons. The number of thiazole rings is 1. The minimum Gasteiger partial charge on any atom is -0.352 e. The zero-order valence-electron chi connectivity index (χ0n) is 9.87. The van der Waals surface area contributed by atoms with Gasteiger partial charge in [0.15, 0.2) is 0 Å². The van der Waals surface area contributed by atoms with Crippen molar-refractivity contribution in [3.63, 3.8) is 0 Å². The van der Waals surface area contributed by atoms with Gasteiger partial charge in [-0.05, 0) is 13.3 Å². The molecule has 0 aliphatic carbocycles. The molecule has 0 saturated heterocycles. The van der Waals surface area contributed by atoms with Crippen molar-refractivity contribution in [1.82, 2.24) is 15.6 Å². The van der Waals surface area contributed by atoms with E-state index >= 15 is 0 Å². The summed E-state index contributed by atoms with van der Waals surface area (Å²) in [5.41, 5.74) is 5.80. The number of carbonyl (C=O) groups is 2. The van der Waals surface area contributed by atoms with Gasteiger partial charge >= 0.3 is 6.03 Å². The van der Waals surface area contributed by atoms with E-state index in [-0.39, 0.29) is 12.5 Å². The van der Waals surface area contributed by atoms with Crippen LogP contribution in [0.1, 0.15) is 22.5 Å². The molecule has 0 radical (unpaired) electrons. The van der Waals surface area contributed by atoms with Gasteiger partial charge in [0, 0.05) is 4.88 Å². The van der Waals surface area contributed by atoms with E-state index in [0.29, 0.717) is 6.54 Å². The minimum absolute atomic E-state index is 0.103. The van der Waals surface area contributed by atoms with E-state index in [1.807, 2.05) is 13.8 Å². The summed E-state index contributed by atoms with van der Waals surface area (Å²) in [5.74, 6) is -0.269. The lowest BCUT2D eigenvalue weighted by Crippen LogP contribution is -2.39. The second kappa shape index (κ2) is 6.19. The predicted octanol–water partition coefficient (Wildman–Crippen LogP) is 0.298. The fraction of sp³-hybridized carbons (Fsp3) is 0.500. The van der Waals surface area contributed by atoms with Crippen molar-refractivity contribution in [3.8, 4) is 0 Å². The molecule has 3 amide bonds. The second-order valence-electron chi connectivity index (χ2n) is 3.46. The van der Waals surface area contributed by atoms with Gasteiger partial charge in [-0.3, -0.25) is 4.79 Å². The summed E-state index contributed by atoms with van der Waals surface area (Å²) in [6, 6.07) is -0.706. The number of hydrogen-bond acceptors (Lipinski definition) is 4. The standard InChI is InChI=1S/C10H16N4O2S/c1-3-9-14-6(2)7(17-9)4-12-8(15)5-13-10(11)16/h3-5H2,1-2H3,(H,12,15)(H3,11,13,16). The summed E-state index contributed by atoms with van der Waals surface area (Å²) in [5, 5.41) is 5.98. The van der Waals surface area contributed by atoms with E-state index in [1.54, 1.807) is 11.3 Å². The quantitative estimate of drug-likeness (QED) is 0.706. The molecule has 0 aliphatic heterocycles. The summed E-state index contributed by atoms with van der Waals surface area (Å²) in [7, 11) is 0. The van der Waals surface area contributed by atoms with E-state index in [2.05, 4.69) is 15.6 Å². The highest BCUT2D eigenvalue weighted by molar-refractivity contribution is 7.11. The molecule has 0 aromatic carbocycles. The third-order valence-corrected chi connectivity index (χ3v) is 3.41. The van der Waals surface area contributed by atoms with E-state index in [4.69, 9.17) is 5.73 Å². The fourth-order valence-electron chi connectivity index (χ4n) is 1.21. The van der Waals surface area contributed by atoms with Crippen molar-refractivity contribution in [2.75, 3.05) is 6.54 Å². The Labute approximate surface area is 104 Å². The maximum atomic E-state index is 11.3. The molecule has 0 atom stereocenters. The first kappa shape index (κ1) is 13.4. The molecule has 0 spiro atoms. The van der Waals surface area contributed by atoms with E-state index in [1.165, 1.54) is 0 Å². The van der Waals surface area contributed by atoms with Crippen LogP contribution in [-0.4, -0.2) is 23.5 Å². The molecule has 1 aromatic rings. The van der Waals surface area contributed by atoms with Gasteiger partial charge in [-0.25, -0.2) is 9.78 Å². The number of primary amides is 1. The molecule has 1 heterocycles. The number of urea groups is 1. The van der Waals surface area contributed by atoms with Crippen LogP contribution in [0.5, 0.6) is 0 Å². The van der Waals surface area contributed by atoms with Crippen molar-refractivity contribution >= 4 is 23.3 Å². The first-order chi connectivity index (χ1) is 8.02. The second-order valence-corrected chi connectivity index (χ2v) is 4.63. The monoisotopic (exact) mass is 256 g/mol. The van der Waals surface area contributed by atoms with Crippen molar-refractivity contribution in [1.29, 1.82) is 0 Å². The summed E-state index contributed by atoms with van der Waals surface area (Å²) < 4.78 is 0. The maximum Gasteiger partial charge on any atom is 0.312 e. The average molecular weight is 256 g/mol. The van der Waals surface area contributed by atoms with Gasteiger partial charge in [0.1, 0.15) is 0 Å². The third kappa shape index (κ3) is 4.39. The lowest BCUT2D eigenvalue weighted by Gasteiger charge is -2.04. The smallest absolute Gasteiger partial charge is 0.312 e. The maximum absolute atomic E-state index is 11.3. The number of amides is 3. The molecule has 0 saturated carbocycles. The number of nitrogens with two attached hydrogens (primary N) is 1. The molecule has 4 N–H and O–H groups in total. The topological polar surface area (TPSA) is 97.1 Å². The van der Waals surface area contributed by atoms with Crippen molar-refractivity contribution in [3.05, 3.63) is 15.6 Å². The molecule has 0 bridgehead atoms. The Morgan fingerprint density at radius 3 is 2.65 bits per heavy atom. The van der Waals surface area contributed by atoms with Crippen LogP contribution >= 0.6 is 11.3 Å². The molecule has 1 aromatic heterocycles. The summed E-state index contributed by atoms with van der Waals surface area (Å²) in [6.45, 7) is 4.28. The predicted molar refractivity (Wildman–Crippen MR) is 65.7 cm³/mol. The number of nitrogens with zero attached hydrogens (tertiary/aromatic N) is 1. The van der Waals surface area contributed by atoms with Crippen molar-refractivity contribution in [2.24, 2.45) is 5.73 Å². The highest BCUT2D eigenvalue weighted by atomic mass is 32.1. The Hall–Kier alpha value is -1.63. The fourth-order valence-corrected chi connectivity index (χ4v) is 2.16. The number of nitrogens with one attached hydrogen (secondary N) is 2. The molecule has 0 unspecified atom stereocenters. The van der Waals surface area contributed by atoms with Crippen LogP contribution < -0.4 is 16.4 Å². The molecule has 7 heteroatoms. The SMILES string of the molecule is CCc1nc(C)c(CNC(=O)CNC(N)=O)s1. The number of rotatable bonds is 5. The zero-order valence-corrected chi connectivity index (χ0v) is 10.7. The van der Waals surface area contributed by atoms with Gasteiger partial charge in [0.05, 0.1) is 23.8 Å². The molecular formula is C10H16N4O2S. The van der Waals surface area contributed by atoms with Crippen LogP contribution in [0, 0.1) is 6.92 Å². The van der Waals surface area contributed by atoms with Gasteiger partial charge in [-0.2, -0.15) is 0 Å². The van der Waals surface area contributed by atoms with E-state index in [9.17, 15) is 9.59 Å². The Kier molecular flexibility index (Phi) is 4.89. The van der Waals surface area contributed by atoms with Crippen LogP contribution in [0.2, 0.25) is 0 Å². The van der Waals surface area contributed by atoms with Gasteiger partial charge in [-0.1, -0.05) is 6.92 Å². The molecule has 1 rings (SSSR count). The molecule has 17 heavy (non-hydrogen) atoms. The largest absolute Gasteiger partial charge is 0.352 e. The number of hydrogen-bond donors (Lipinski definition) is 3. The van der Waals surface area contributed by atoms with Crippen LogP contribution in [0.4, 0.5) is 4.79 Å². The highest BCUT2D eigenvalue weighted by Crippen LogP contribution is 2.17. The van der Waals surface area contributed by atoms with Crippen LogP contribution in [0.3, 0.4) is 0 Å². The Balaban J connectivity index is 2.41. The number of aryl methyl sites for hydroxylation is 2. The Bertz CT molecular complexity index is 416. The highest BCUT2D eigenvalue weighted by Gasteiger charge is 2.08. The van der Waals surface area contributed by atoms with Crippen molar-refractivity contribution in [2.45, 2.75) is 26.8 Å². The lowest BCUT2D eigenvalue weighted by molar-refractivity contribution is -0.120. The van der Waals surface area contributed by atoms with Gasteiger partial charge < -0.3 is 16.4 Å². The van der Waals surface area contributed by atoms with Crippen LogP contribution in [0.15, 0.2) is 0 Å². The first-order valence-corrected chi connectivity index (χ1v) is 6.09.